The van der Waals surface area contributed by atoms with Crippen molar-refractivity contribution in [1.29, 1.82) is 0 Å². The van der Waals surface area contributed by atoms with Crippen LogP contribution in [-0.2, 0) is 4.74 Å². The lowest BCUT2D eigenvalue weighted by atomic mass is 10.1. The van der Waals surface area contributed by atoms with E-state index in [1.165, 1.54) is 11.3 Å². The highest BCUT2D eigenvalue weighted by atomic mass is 35.5. The van der Waals surface area contributed by atoms with Crippen molar-refractivity contribution in [2.75, 3.05) is 20.3 Å². The van der Waals surface area contributed by atoms with Crippen LogP contribution in [0.2, 0.25) is 4.34 Å². The third-order valence-corrected chi connectivity index (χ3v) is 3.88. The van der Waals surface area contributed by atoms with Crippen molar-refractivity contribution < 1.29 is 14.3 Å². The molecule has 3 nitrogen and oxygen atoms in total. The van der Waals surface area contributed by atoms with Gasteiger partial charge in [0.15, 0.2) is 5.78 Å². The summed E-state index contributed by atoms with van der Waals surface area (Å²) in [7, 11) is 1.62. The minimum atomic E-state index is -0.0528. The van der Waals surface area contributed by atoms with Gasteiger partial charge in [-0.3, -0.25) is 4.79 Å². The van der Waals surface area contributed by atoms with Crippen LogP contribution >= 0.6 is 22.9 Å². The summed E-state index contributed by atoms with van der Waals surface area (Å²) in [6.45, 7) is 1.02. The summed E-state index contributed by atoms with van der Waals surface area (Å²) in [6.07, 6.45) is 3.31. The predicted octanol–water partition coefficient (Wildman–Crippen LogP) is 4.32. The lowest BCUT2D eigenvalue weighted by molar-refractivity contribution is 0.104. The van der Waals surface area contributed by atoms with Gasteiger partial charge in [0.1, 0.15) is 12.4 Å². The van der Waals surface area contributed by atoms with Crippen LogP contribution in [0.1, 0.15) is 15.2 Å². The molecule has 0 aliphatic carbocycles. The Bertz CT molecular complexity index is 617. The second kappa shape index (κ2) is 7.98. The molecule has 0 aliphatic rings. The van der Waals surface area contributed by atoms with Gasteiger partial charge in [-0.15, -0.1) is 11.3 Å². The van der Waals surface area contributed by atoms with Gasteiger partial charge in [-0.1, -0.05) is 11.6 Å². The molecule has 0 atom stereocenters. The van der Waals surface area contributed by atoms with Gasteiger partial charge in [-0.05, 0) is 48.6 Å². The van der Waals surface area contributed by atoms with Crippen molar-refractivity contribution in [3.05, 3.63) is 57.3 Å². The molecule has 21 heavy (non-hydrogen) atoms. The quantitative estimate of drug-likeness (QED) is 0.432. The van der Waals surface area contributed by atoms with Gasteiger partial charge in [0.2, 0.25) is 0 Å². The van der Waals surface area contributed by atoms with E-state index >= 15 is 0 Å². The van der Waals surface area contributed by atoms with Gasteiger partial charge in [-0.2, -0.15) is 0 Å². The molecule has 1 aromatic carbocycles. The van der Waals surface area contributed by atoms with E-state index in [0.717, 1.165) is 10.6 Å². The molecule has 0 radical (unpaired) electrons. The minimum Gasteiger partial charge on any atom is -0.491 e. The number of thiophene rings is 1. The maximum atomic E-state index is 12.0. The molecule has 0 fully saturated rings. The molecule has 5 heteroatoms. The molecule has 0 spiro atoms. The van der Waals surface area contributed by atoms with E-state index < -0.39 is 0 Å². The fourth-order valence-electron chi connectivity index (χ4n) is 1.63. The topological polar surface area (TPSA) is 35.5 Å². The summed E-state index contributed by atoms with van der Waals surface area (Å²) in [5.74, 6) is 0.667. The Morgan fingerprint density at radius 3 is 2.57 bits per heavy atom. The number of rotatable bonds is 7. The Morgan fingerprint density at radius 1 is 1.19 bits per heavy atom. The van der Waals surface area contributed by atoms with Crippen LogP contribution < -0.4 is 4.74 Å². The number of benzene rings is 1. The molecule has 0 bridgehead atoms. The predicted molar refractivity (Wildman–Crippen MR) is 86.5 cm³/mol. The van der Waals surface area contributed by atoms with Gasteiger partial charge in [0.25, 0.3) is 0 Å². The first-order valence-electron chi connectivity index (χ1n) is 6.38. The molecule has 110 valence electrons. The van der Waals surface area contributed by atoms with Gasteiger partial charge in [-0.25, -0.2) is 0 Å². The average Bonchev–Trinajstić information content (AvgIpc) is 2.91. The van der Waals surface area contributed by atoms with E-state index in [-0.39, 0.29) is 5.78 Å². The maximum absolute atomic E-state index is 12.0. The van der Waals surface area contributed by atoms with E-state index in [1.807, 2.05) is 12.1 Å². The second-order valence-corrected chi connectivity index (χ2v) is 5.95. The van der Waals surface area contributed by atoms with Crippen LogP contribution in [0.15, 0.2) is 42.5 Å². The van der Waals surface area contributed by atoms with Crippen molar-refractivity contribution >= 4 is 34.8 Å². The number of carbonyl (C=O) groups is 1. The highest BCUT2D eigenvalue weighted by Gasteiger charge is 2.03. The van der Waals surface area contributed by atoms with Crippen LogP contribution in [-0.4, -0.2) is 26.1 Å². The zero-order valence-corrected chi connectivity index (χ0v) is 13.1. The molecule has 0 saturated carbocycles. The Morgan fingerprint density at radius 2 is 1.95 bits per heavy atom. The van der Waals surface area contributed by atoms with E-state index in [9.17, 15) is 4.79 Å². The third-order valence-electron chi connectivity index (χ3n) is 2.69. The number of hydrogen-bond acceptors (Lipinski definition) is 4. The molecule has 2 aromatic rings. The van der Waals surface area contributed by atoms with Crippen LogP contribution in [0.3, 0.4) is 0 Å². The highest BCUT2D eigenvalue weighted by molar-refractivity contribution is 7.17. The zero-order chi connectivity index (χ0) is 15.1. The number of halogens is 1. The van der Waals surface area contributed by atoms with Gasteiger partial charge >= 0.3 is 0 Å². The van der Waals surface area contributed by atoms with Crippen LogP contribution in [0.5, 0.6) is 5.75 Å². The Labute approximate surface area is 132 Å². The van der Waals surface area contributed by atoms with Crippen molar-refractivity contribution in [3.63, 3.8) is 0 Å². The first-order chi connectivity index (χ1) is 10.2. The summed E-state index contributed by atoms with van der Waals surface area (Å²) in [4.78, 5) is 13.0. The summed E-state index contributed by atoms with van der Waals surface area (Å²) in [5, 5.41) is 0. The van der Waals surface area contributed by atoms with Crippen molar-refractivity contribution in [3.8, 4) is 5.75 Å². The fraction of sp³-hybridized carbons (Fsp3) is 0.188. The Hall–Kier alpha value is -1.62. The summed E-state index contributed by atoms with van der Waals surface area (Å²) < 4.78 is 11.1. The van der Waals surface area contributed by atoms with Crippen LogP contribution in [0.4, 0.5) is 0 Å². The SMILES string of the molecule is COCCOc1ccc(C(=O)/C=C/c2ccc(Cl)s2)cc1. The van der Waals surface area contributed by atoms with Crippen molar-refractivity contribution in [1.82, 2.24) is 0 Å². The molecular weight excluding hydrogens is 308 g/mol. The van der Waals surface area contributed by atoms with E-state index in [2.05, 4.69) is 0 Å². The lowest BCUT2D eigenvalue weighted by Crippen LogP contribution is -2.04. The van der Waals surface area contributed by atoms with E-state index in [4.69, 9.17) is 21.1 Å². The normalized spacial score (nSPS) is 11.0. The summed E-state index contributed by atoms with van der Waals surface area (Å²) in [6, 6.07) is 10.7. The van der Waals surface area contributed by atoms with Crippen LogP contribution in [0, 0.1) is 0 Å². The molecule has 2 rings (SSSR count). The Balaban J connectivity index is 1.94. The average molecular weight is 323 g/mol. The molecule has 1 heterocycles. The number of allylic oxidation sites excluding steroid dienone is 1. The first-order valence-corrected chi connectivity index (χ1v) is 7.58. The first kappa shape index (κ1) is 15.8. The molecule has 0 unspecified atom stereocenters. The second-order valence-electron chi connectivity index (χ2n) is 4.21. The monoisotopic (exact) mass is 322 g/mol. The van der Waals surface area contributed by atoms with Crippen LogP contribution in [0.25, 0.3) is 6.08 Å². The zero-order valence-electron chi connectivity index (χ0n) is 11.5. The molecular formula is C16H15ClO3S. The van der Waals surface area contributed by atoms with Gasteiger partial charge in [0, 0.05) is 17.6 Å². The number of ketones is 1. The molecule has 0 aliphatic heterocycles. The minimum absolute atomic E-state index is 0.0528. The van der Waals surface area contributed by atoms with Gasteiger partial charge < -0.3 is 9.47 Å². The number of methoxy groups -OCH3 is 1. The largest absolute Gasteiger partial charge is 0.491 e. The van der Waals surface area contributed by atoms with E-state index in [0.29, 0.717) is 23.1 Å². The van der Waals surface area contributed by atoms with Crippen molar-refractivity contribution in [2.45, 2.75) is 0 Å². The van der Waals surface area contributed by atoms with Gasteiger partial charge in [0.05, 0.1) is 10.9 Å². The van der Waals surface area contributed by atoms with E-state index in [1.54, 1.807) is 43.5 Å². The maximum Gasteiger partial charge on any atom is 0.185 e. The number of carbonyl (C=O) groups excluding carboxylic acids is 1. The third kappa shape index (κ3) is 5.01. The lowest BCUT2D eigenvalue weighted by Gasteiger charge is -2.05. The summed E-state index contributed by atoms with van der Waals surface area (Å²) in [5.41, 5.74) is 0.619. The molecule has 1 aromatic heterocycles. The molecule has 0 saturated heterocycles. The summed E-state index contributed by atoms with van der Waals surface area (Å²) >= 11 is 7.27. The van der Waals surface area contributed by atoms with Crippen molar-refractivity contribution in [2.24, 2.45) is 0 Å². The highest BCUT2D eigenvalue weighted by Crippen LogP contribution is 2.22. The smallest absolute Gasteiger partial charge is 0.185 e. The number of ether oxygens (including phenoxy) is 2. The fourth-order valence-corrected chi connectivity index (χ4v) is 2.59. The molecule has 0 N–H and O–H groups in total. The number of hydrogen-bond donors (Lipinski definition) is 0. The molecule has 0 amide bonds. The Kier molecular flexibility index (Phi) is 5.99. The standard InChI is InChI=1S/C16H15ClO3S/c1-19-10-11-20-13-4-2-12(3-5-13)15(18)8-6-14-7-9-16(17)21-14/h2-9H,10-11H2,1H3/b8-6+.